The molecule has 1 aromatic carbocycles. The molecule has 108 valence electrons. The first-order valence-corrected chi connectivity index (χ1v) is 8.01. The van der Waals surface area contributed by atoms with Crippen LogP contribution in [0.5, 0.6) is 0 Å². The van der Waals surface area contributed by atoms with Gasteiger partial charge < -0.3 is 5.32 Å². The first-order chi connectivity index (χ1) is 9.54. The summed E-state index contributed by atoms with van der Waals surface area (Å²) in [6.07, 6.45) is 0.580. The summed E-state index contributed by atoms with van der Waals surface area (Å²) in [5.74, 6) is 0.607. The number of H-pyrrole nitrogens is 1. The summed E-state index contributed by atoms with van der Waals surface area (Å²) in [5.41, 5.74) is 0.554. The van der Waals surface area contributed by atoms with Crippen LogP contribution in [0.3, 0.4) is 0 Å². The second-order valence-corrected chi connectivity index (χ2v) is 6.53. The van der Waals surface area contributed by atoms with Crippen molar-refractivity contribution in [2.45, 2.75) is 31.2 Å². The molecule has 2 N–H and O–H groups in total. The highest BCUT2D eigenvalue weighted by Crippen LogP contribution is 2.25. The van der Waals surface area contributed by atoms with Crippen molar-refractivity contribution in [3.63, 3.8) is 0 Å². The Balaban J connectivity index is 2.29. The zero-order valence-corrected chi connectivity index (χ0v) is 12.2. The first-order valence-electron chi connectivity index (χ1n) is 6.36. The predicted octanol–water partition coefficient (Wildman–Crippen LogP) is 1.56. The van der Waals surface area contributed by atoms with Crippen molar-refractivity contribution < 1.29 is 8.42 Å². The Morgan fingerprint density at radius 2 is 2.10 bits per heavy atom. The first kappa shape index (κ1) is 14.4. The van der Waals surface area contributed by atoms with Crippen LogP contribution in [0.1, 0.15) is 32.1 Å². The summed E-state index contributed by atoms with van der Waals surface area (Å²) in [6.45, 7) is 3.68. The van der Waals surface area contributed by atoms with E-state index >= 15 is 0 Å². The number of aromatic nitrogens is 4. The number of aromatic amines is 1. The fraction of sp³-hybridized carbons (Fsp3) is 0.417. The number of nitrogens with zero attached hydrogens (tertiary/aromatic N) is 3. The molecule has 0 aliphatic heterocycles. The molecule has 0 fully saturated rings. The van der Waals surface area contributed by atoms with Gasteiger partial charge in [0.2, 0.25) is 0 Å². The van der Waals surface area contributed by atoms with E-state index in [1.54, 1.807) is 24.3 Å². The topological polar surface area (TPSA) is 101 Å². The fourth-order valence-electron chi connectivity index (χ4n) is 1.89. The van der Waals surface area contributed by atoms with E-state index < -0.39 is 9.84 Å². The average molecular weight is 295 g/mol. The molecule has 0 radical (unpaired) electrons. The maximum atomic E-state index is 12.2. The van der Waals surface area contributed by atoms with Crippen LogP contribution in [0, 0.1) is 0 Å². The molecule has 0 aliphatic carbocycles. The predicted molar refractivity (Wildman–Crippen MR) is 75.0 cm³/mol. The van der Waals surface area contributed by atoms with Gasteiger partial charge in [0.25, 0.3) is 0 Å². The van der Waals surface area contributed by atoms with Gasteiger partial charge in [-0.3, -0.25) is 0 Å². The number of tetrazole rings is 1. The van der Waals surface area contributed by atoms with Crippen LogP contribution in [-0.2, 0) is 9.84 Å². The van der Waals surface area contributed by atoms with E-state index in [-0.39, 0.29) is 11.8 Å². The van der Waals surface area contributed by atoms with Crippen LogP contribution < -0.4 is 5.32 Å². The van der Waals surface area contributed by atoms with Crippen molar-refractivity contribution in [3.05, 3.63) is 30.1 Å². The molecule has 0 bridgehead atoms. The van der Waals surface area contributed by atoms with E-state index in [1.807, 2.05) is 13.8 Å². The largest absolute Gasteiger partial charge is 0.374 e. The standard InChI is InChI=1S/C12H17N5O2S/c1-3-8-20(18,19)11-7-5-4-6-10(11)13-9(2)12-14-16-17-15-12/h4-7,9,13H,3,8H2,1-2H3,(H,14,15,16,17). The third-order valence-corrected chi connectivity index (χ3v) is 4.79. The summed E-state index contributed by atoms with van der Waals surface area (Å²) >= 11 is 0. The molecule has 1 aromatic heterocycles. The smallest absolute Gasteiger partial charge is 0.196 e. The molecule has 1 unspecified atom stereocenters. The van der Waals surface area contributed by atoms with Gasteiger partial charge >= 0.3 is 0 Å². The summed E-state index contributed by atoms with van der Waals surface area (Å²) in [7, 11) is -3.28. The second-order valence-electron chi connectivity index (χ2n) is 4.45. The van der Waals surface area contributed by atoms with Gasteiger partial charge in [-0.2, -0.15) is 5.21 Å². The molecular weight excluding hydrogens is 278 g/mol. The van der Waals surface area contributed by atoms with Crippen LogP contribution >= 0.6 is 0 Å². The van der Waals surface area contributed by atoms with Crippen molar-refractivity contribution >= 4 is 15.5 Å². The SMILES string of the molecule is CCCS(=O)(=O)c1ccccc1NC(C)c1nn[nH]n1. The monoisotopic (exact) mass is 295 g/mol. The molecule has 0 spiro atoms. The lowest BCUT2D eigenvalue weighted by Gasteiger charge is -2.15. The van der Waals surface area contributed by atoms with E-state index in [0.717, 1.165) is 0 Å². The van der Waals surface area contributed by atoms with Crippen molar-refractivity contribution in [1.29, 1.82) is 0 Å². The normalized spacial score (nSPS) is 13.1. The van der Waals surface area contributed by atoms with Crippen LogP contribution in [0.15, 0.2) is 29.2 Å². The Morgan fingerprint density at radius 1 is 1.35 bits per heavy atom. The van der Waals surface area contributed by atoms with E-state index in [1.165, 1.54) is 0 Å². The Morgan fingerprint density at radius 3 is 2.75 bits per heavy atom. The summed E-state index contributed by atoms with van der Waals surface area (Å²) in [4.78, 5) is 0.303. The maximum absolute atomic E-state index is 12.2. The van der Waals surface area contributed by atoms with Gasteiger partial charge in [-0.15, -0.1) is 10.2 Å². The minimum Gasteiger partial charge on any atom is -0.374 e. The number of para-hydroxylation sites is 1. The highest BCUT2D eigenvalue weighted by Gasteiger charge is 2.19. The third-order valence-electron chi connectivity index (χ3n) is 2.82. The van der Waals surface area contributed by atoms with Crippen molar-refractivity contribution in [1.82, 2.24) is 20.6 Å². The van der Waals surface area contributed by atoms with Gasteiger partial charge in [0.1, 0.15) is 0 Å². The number of anilines is 1. The Hall–Kier alpha value is -1.96. The zero-order valence-electron chi connectivity index (χ0n) is 11.4. The number of benzene rings is 1. The number of nitrogens with one attached hydrogen (secondary N) is 2. The third kappa shape index (κ3) is 3.13. The van der Waals surface area contributed by atoms with E-state index in [2.05, 4.69) is 25.9 Å². The molecule has 0 aliphatic rings. The Labute approximate surface area is 117 Å². The zero-order chi connectivity index (χ0) is 14.6. The Bertz CT molecular complexity index is 654. The second kappa shape index (κ2) is 6.00. The van der Waals surface area contributed by atoms with Gasteiger partial charge in [0.05, 0.1) is 22.4 Å². The van der Waals surface area contributed by atoms with Crippen molar-refractivity contribution in [2.75, 3.05) is 11.1 Å². The minimum atomic E-state index is -3.28. The molecule has 0 saturated carbocycles. The number of hydrogen-bond acceptors (Lipinski definition) is 6. The molecular formula is C12H17N5O2S. The molecule has 1 heterocycles. The molecule has 8 heteroatoms. The average Bonchev–Trinajstić information content (AvgIpc) is 2.93. The lowest BCUT2D eigenvalue weighted by atomic mass is 10.2. The highest BCUT2D eigenvalue weighted by molar-refractivity contribution is 7.91. The molecule has 20 heavy (non-hydrogen) atoms. The number of sulfone groups is 1. The summed E-state index contributed by atoms with van der Waals surface area (Å²) in [5, 5.41) is 16.7. The van der Waals surface area contributed by atoms with Gasteiger partial charge in [-0.1, -0.05) is 24.3 Å². The number of rotatable bonds is 6. The van der Waals surface area contributed by atoms with Crippen LogP contribution in [0.2, 0.25) is 0 Å². The Kier molecular flexibility index (Phi) is 4.33. The molecule has 0 amide bonds. The summed E-state index contributed by atoms with van der Waals surface area (Å²) in [6, 6.07) is 6.60. The molecule has 2 aromatic rings. The van der Waals surface area contributed by atoms with Crippen LogP contribution in [0.25, 0.3) is 0 Å². The molecule has 1 atom stereocenters. The summed E-state index contributed by atoms with van der Waals surface area (Å²) < 4.78 is 24.5. The minimum absolute atomic E-state index is 0.127. The van der Waals surface area contributed by atoms with Crippen molar-refractivity contribution in [3.8, 4) is 0 Å². The van der Waals surface area contributed by atoms with Crippen LogP contribution in [0.4, 0.5) is 5.69 Å². The molecule has 0 saturated heterocycles. The van der Waals surface area contributed by atoms with Crippen LogP contribution in [-0.4, -0.2) is 34.8 Å². The lowest BCUT2D eigenvalue weighted by Crippen LogP contribution is -2.13. The molecule has 2 rings (SSSR count). The fourth-order valence-corrected chi connectivity index (χ4v) is 3.39. The quantitative estimate of drug-likeness (QED) is 0.838. The lowest BCUT2D eigenvalue weighted by molar-refractivity contribution is 0.594. The highest BCUT2D eigenvalue weighted by atomic mass is 32.2. The van der Waals surface area contributed by atoms with Crippen molar-refractivity contribution in [2.24, 2.45) is 0 Å². The van der Waals surface area contributed by atoms with Gasteiger partial charge in [0, 0.05) is 0 Å². The van der Waals surface area contributed by atoms with Gasteiger partial charge in [0.15, 0.2) is 15.7 Å². The van der Waals surface area contributed by atoms with E-state index in [4.69, 9.17) is 0 Å². The molecule has 7 nitrogen and oxygen atoms in total. The maximum Gasteiger partial charge on any atom is 0.196 e. The van der Waals surface area contributed by atoms with Gasteiger partial charge in [-0.05, 0) is 25.5 Å². The van der Waals surface area contributed by atoms with E-state index in [9.17, 15) is 8.42 Å². The number of hydrogen-bond donors (Lipinski definition) is 2. The van der Waals surface area contributed by atoms with E-state index in [0.29, 0.717) is 22.8 Å². The van der Waals surface area contributed by atoms with Gasteiger partial charge in [-0.25, -0.2) is 8.42 Å².